The van der Waals surface area contributed by atoms with E-state index in [1.165, 1.54) is 10.6 Å². The highest BCUT2D eigenvalue weighted by Gasteiger charge is 2.33. The van der Waals surface area contributed by atoms with Crippen LogP contribution in [0.5, 0.6) is 0 Å². The van der Waals surface area contributed by atoms with Crippen molar-refractivity contribution in [3.63, 3.8) is 0 Å². The molecule has 116 valence electrons. The lowest BCUT2D eigenvalue weighted by Gasteiger charge is -2.31. The Morgan fingerprint density at radius 2 is 1.95 bits per heavy atom. The average Bonchev–Trinajstić information content (AvgIpc) is 2.74. The number of hydrogen-bond donors (Lipinski definition) is 1. The summed E-state index contributed by atoms with van der Waals surface area (Å²) in [5.41, 5.74) is 5.95. The molecule has 2 aliphatic rings. The second-order valence-corrected chi connectivity index (χ2v) is 8.60. The van der Waals surface area contributed by atoms with Crippen LogP contribution in [0.2, 0.25) is 0 Å². The van der Waals surface area contributed by atoms with Crippen molar-refractivity contribution in [2.75, 3.05) is 19.3 Å². The van der Waals surface area contributed by atoms with Gasteiger partial charge in [-0.05, 0) is 31.6 Å². The number of rotatable bonds is 5. The SMILES string of the molecule is CS(=O)(=O)N1CCCC(CC(=O)CC2(N)CCCC2)C1. The highest BCUT2D eigenvalue weighted by Crippen LogP contribution is 2.31. The van der Waals surface area contributed by atoms with Crippen molar-refractivity contribution in [3.8, 4) is 0 Å². The molecule has 5 nitrogen and oxygen atoms in total. The normalized spacial score (nSPS) is 27.6. The molecule has 2 rings (SSSR count). The van der Waals surface area contributed by atoms with Gasteiger partial charge in [0, 0.05) is 31.5 Å². The highest BCUT2D eigenvalue weighted by molar-refractivity contribution is 7.88. The maximum atomic E-state index is 12.2. The molecule has 1 saturated carbocycles. The molecule has 1 heterocycles. The van der Waals surface area contributed by atoms with Gasteiger partial charge in [-0.15, -0.1) is 0 Å². The van der Waals surface area contributed by atoms with Crippen molar-refractivity contribution in [1.82, 2.24) is 4.31 Å². The van der Waals surface area contributed by atoms with Gasteiger partial charge in [0.1, 0.15) is 5.78 Å². The van der Waals surface area contributed by atoms with Gasteiger partial charge >= 0.3 is 0 Å². The summed E-state index contributed by atoms with van der Waals surface area (Å²) in [6.07, 6.45) is 8.09. The number of ketones is 1. The number of carbonyl (C=O) groups excluding carboxylic acids is 1. The maximum Gasteiger partial charge on any atom is 0.211 e. The maximum absolute atomic E-state index is 12.2. The smallest absolute Gasteiger partial charge is 0.211 e. The highest BCUT2D eigenvalue weighted by atomic mass is 32.2. The number of carbonyl (C=O) groups is 1. The van der Waals surface area contributed by atoms with E-state index < -0.39 is 10.0 Å². The number of nitrogens with two attached hydrogens (primary N) is 1. The van der Waals surface area contributed by atoms with Crippen LogP contribution in [0, 0.1) is 5.92 Å². The number of hydrogen-bond acceptors (Lipinski definition) is 4. The summed E-state index contributed by atoms with van der Waals surface area (Å²) in [7, 11) is -3.13. The predicted molar refractivity (Wildman–Crippen MR) is 78.8 cm³/mol. The molecule has 0 amide bonds. The van der Waals surface area contributed by atoms with Gasteiger partial charge in [-0.25, -0.2) is 12.7 Å². The van der Waals surface area contributed by atoms with Crippen LogP contribution in [0.1, 0.15) is 51.4 Å². The first-order valence-corrected chi connectivity index (χ1v) is 9.39. The predicted octanol–water partition coefficient (Wildman–Crippen LogP) is 1.28. The van der Waals surface area contributed by atoms with E-state index in [9.17, 15) is 13.2 Å². The fourth-order valence-corrected chi connectivity index (χ4v) is 4.48. The number of Topliss-reactive ketones (excluding diaryl/α,β-unsaturated/α-hetero) is 1. The number of sulfonamides is 1. The minimum absolute atomic E-state index is 0.163. The zero-order valence-corrected chi connectivity index (χ0v) is 13.1. The Bertz CT molecular complexity index is 455. The van der Waals surface area contributed by atoms with Crippen LogP contribution in [0.3, 0.4) is 0 Å². The van der Waals surface area contributed by atoms with E-state index in [4.69, 9.17) is 5.73 Å². The van der Waals surface area contributed by atoms with E-state index >= 15 is 0 Å². The first-order chi connectivity index (χ1) is 9.28. The second-order valence-electron chi connectivity index (χ2n) is 6.62. The van der Waals surface area contributed by atoms with Gasteiger partial charge in [-0.2, -0.15) is 0 Å². The van der Waals surface area contributed by atoms with E-state index in [2.05, 4.69) is 0 Å². The summed E-state index contributed by atoms with van der Waals surface area (Å²) >= 11 is 0. The zero-order chi connectivity index (χ0) is 14.8. The van der Waals surface area contributed by atoms with Gasteiger partial charge in [0.25, 0.3) is 0 Å². The van der Waals surface area contributed by atoms with Crippen LogP contribution in [0.25, 0.3) is 0 Å². The number of nitrogens with zero attached hydrogens (tertiary/aromatic N) is 1. The van der Waals surface area contributed by atoms with Gasteiger partial charge in [-0.1, -0.05) is 12.8 Å². The first-order valence-electron chi connectivity index (χ1n) is 7.54. The van der Waals surface area contributed by atoms with Gasteiger partial charge in [-0.3, -0.25) is 4.79 Å². The van der Waals surface area contributed by atoms with Crippen LogP contribution >= 0.6 is 0 Å². The minimum Gasteiger partial charge on any atom is -0.325 e. The number of piperidine rings is 1. The molecule has 0 radical (unpaired) electrons. The van der Waals surface area contributed by atoms with E-state index in [1.807, 2.05) is 0 Å². The zero-order valence-electron chi connectivity index (χ0n) is 12.3. The molecule has 1 atom stereocenters. The molecule has 2 fully saturated rings. The van der Waals surface area contributed by atoms with Crippen molar-refractivity contribution < 1.29 is 13.2 Å². The first kappa shape index (κ1) is 15.9. The summed E-state index contributed by atoms with van der Waals surface area (Å²) in [4.78, 5) is 12.2. The molecule has 1 unspecified atom stereocenters. The topological polar surface area (TPSA) is 80.5 Å². The quantitative estimate of drug-likeness (QED) is 0.829. The lowest BCUT2D eigenvalue weighted by molar-refractivity contribution is -0.121. The molecule has 0 bridgehead atoms. The lowest BCUT2D eigenvalue weighted by atomic mass is 9.87. The standard InChI is InChI=1S/C14H26N2O3S/c1-20(18,19)16-8-4-5-12(11-16)9-13(17)10-14(15)6-2-3-7-14/h12H,2-11,15H2,1H3. The van der Waals surface area contributed by atoms with Crippen LogP contribution in [0.4, 0.5) is 0 Å². The van der Waals surface area contributed by atoms with Crippen LogP contribution in [-0.4, -0.2) is 43.4 Å². The third-order valence-corrected chi connectivity index (χ3v) is 5.89. The molecule has 20 heavy (non-hydrogen) atoms. The van der Waals surface area contributed by atoms with E-state index in [0.717, 1.165) is 38.5 Å². The van der Waals surface area contributed by atoms with Crippen molar-refractivity contribution in [2.24, 2.45) is 11.7 Å². The van der Waals surface area contributed by atoms with Gasteiger partial charge in [0.05, 0.1) is 6.26 Å². The molecule has 0 aromatic carbocycles. The monoisotopic (exact) mass is 302 g/mol. The Hall–Kier alpha value is -0.460. The minimum atomic E-state index is -3.13. The molecule has 0 aromatic heterocycles. The van der Waals surface area contributed by atoms with Crippen molar-refractivity contribution >= 4 is 15.8 Å². The Balaban J connectivity index is 1.85. The van der Waals surface area contributed by atoms with E-state index in [0.29, 0.717) is 25.9 Å². The van der Waals surface area contributed by atoms with Crippen LogP contribution in [0.15, 0.2) is 0 Å². The summed E-state index contributed by atoms with van der Waals surface area (Å²) in [5.74, 6) is 0.366. The van der Waals surface area contributed by atoms with Crippen molar-refractivity contribution in [3.05, 3.63) is 0 Å². The van der Waals surface area contributed by atoms with Gasteiger partial charge < -0.3 is 5.73 Å². The largest absolute Gasteiger partial charge is 0.325 e. The molecule has 0 spiro atoms. The molecular formula is C14H26N2O3S. The van der Waals surface area contributed by atoms with Gasteiger partial charge in [0.15, 0.2) is 0 Å². The molecule has 2 N–H and O–H groups in total. The van der Waals surface area contributed by atoms with Crippen LogP contribution in [-0.2, 0) is 14.8 Å². The molecule has 6 heteroatoms. The Morgan fingerprint density at radius 3 is 2.55 bits per heavy atom. The third-order valence-electron chi connectivity index (χ3n) is 4.62. The molecule has 1 aliphatic carbocycles. The Labute approximate surface area is 121 Å². The Kier molecular flexibility index (Phi) is 4.87. The van der Waals surface area contributed by atoms with Crippen molar-refractivity contribution in [2.45, 2.75) is 56.9 Å². The third kappa shape index (κ3) is 4.27. The summed E-state index contributed by atoms with van der Waals surface area (Å²) < 4.78 is 24.6. The summed E-state index contributed by atoms with van der Waals surface area (Å²) in [6, 6.07) is 0. The molecule has 0 aromatic rings. The van der Waals surface area contributed by atoms with Crippen LogP contribution < -0.4 is 5.73 Å². The van der Waals surface area contributed by atoms with Crippen molar-refractivity contribution in [1.29, 1.82) is 0 Å². The molecule has 1 aliphatic heterocycles. The van der Waals surface area contributed by atoms with Gasteiger partial charge in [0.2, 0.25) is 10.0 Å². The summed E-state index contributed by atoms with van der Waals surface area (Å²) in [6.45, 7) is 1.08. The fraction of sp³-hybridized carbons (Fsp3) is 0.929. The molecule has 1 saturated heterocycles. The average molecular weight is 302 g/mol. The Morgan fingerprint density at radius 1 is 1.30 bits per heavy atom. The second kappa shape index (κ2) is 6.12. The lowest BCUT2D eigenvalue weighted by Crippen LogP contribution is -2.42. The fourth-order valence-electron chi connectivity index (χ4n) is 3.54. The van der Waals surface area contributed by atoms with E-state index in [-0.39, 0.29) is 17.2 Å². The molecular weight excluding hydrogens is 276 g/mol. The van der Waals surface area contributed by atoms with E-state index in [1.54, 1.807) is 0 Å². The summed E-state index contributed by atoms with van der Waals surface area (Å²) in [5, 5.41) is 0.